The molecule has 3 N–H and O–H groups in total. The molecule has 0 aliphatic carbocycles. The zero-order valence-electron chi connectivity index (χ0n) is 17.6. The van der Waals surface area contributed by atoms with Gasteiger partial charge in [0.15, 0.2) is 0 Å². The lowest BCUT2D eigenvalue weighted by Crippen LogP contribution is -2.43. The summed E-state index contributed by atoms with van der Waals surface area (Å²) in [6, 6.07) is 0.551. The van der Waals surface area contributed by atoms with E-state index in [4.69, 9.17) is 5.73 Å². The summed E-state index contributed by atoms with van der Waals surface area (Å²) in [6.07, 6.45) is 25.0. The lowest BCUT2D eigenvalue weighted by molar-refractivity contribution is 0.545. The van der Waals surface area contributed by atoms with Crippen LogP contribution >= 0.6 is 0 Å². The molecule has 0 aromatic heterocycles. The molecule has 1 aliphatic heterocycles. The molecule has 0 bridgehead atoms. The molecular formula is C23H45N3. The average molecular weight is 364 g/mol. The molecule has 2 unspecified atom stereocenters. The summed E-state index contributed by atoms with van der Waals surface area (Å²) in [7, 11) is 0. The Morgan fingerprint density at radius 1 is 0.923 bits per heavy atom. The van der Waals surface area contributed by atoms with Crippen LogP contribution in [0.4, 0.5) is 0 Å². The number of allylic oxidation sites excluding steroid dienone is 2. The molecule has 0 spiro atoms. The number of nitrogens with one attached hydrogen (secondary N) is 1. The molecule has 0 amide bonds. The summed E-state index contributed by atoms with van der Waals surface area (Å²) in [5.74, 6) is 1.18. The highest BCUT2D eigenvalue weighted by Crippen LogP contribution is 2.12. The van der Waals surface area contributed by atoms with Crippen LogP contribution in [-0.2, 0) is 0 Å². The minimum absolute atomic E-state index is 0.191. The van der Waals surface area contributed by atoms with Crippen molar-refractivity contribution < 1.29 is 0 Å². The van der Waals surface area contributed by atoms with Gasteiger partial charge in [-0.05, 0) is 39.0 Å². The predicted molar refractivity (Wildman–Crippen MR) is 117 cm³/mol. The van der Waals surface area contributed by atoms with E-state index in [1.165, 1.54) is 95.7 Å². The molecule has 1 aliphatic rings. The van der Waals surface area contributed by atoms with Gasteiger partial charge in [-0.1, -0.05) is 76.9 Å². The van der Waals surface area contributed by atoms with Crippen LogP contribution < -0.4 is 11.1 Å². The van der Waals surface area contributed by atoms with E-state index >= 15 is 0 Å². The van der Waals surface area contributed by atoms with E-state index in [-0.39, 0.29) is 6.04 Å². The summed E-state index contributed by atoms with van der Waals surface area (Å²) in [6.45, 7) is 5.20. The summed E-state index contributed by atoms with van der Waals surface area (Å²) >= 11 is 0. The van der Waals surface area contributed by atoms with Gasteiger partial charge in [0.1, 0.15) is 0 Å². The Kier molecular flexibility index (Phi) is 14.6. The van der Waals surface area contributed by atoms with E-state index in [2.05, 4.69) is 36.3 Å². The fraction of sp³-hybridized carbons (Fsp3) is 0.870. The van der Waals surface area contributed by atoms with E-state index in [1.54, 1.807) is 0 Å². The van der Waals surface area contributed by atoms with Crippen molar-refractivity contribution >= 4 is 5.84 Å². The third-order valence-electron chi connectivity index (χ3n) is 5.39. The Morgan fingerprint density at radius 3 is 2.00 bits per heavy atom. The van der Waals surface area contributed by atoms with Crippen molar-refractivity contribution in [1.29, 1.82) is 0 Å². The number of nitrogens with zero attached hydrogens (tertiary/aromatic N) is 1. The maximum atomic E-state index is 5.91. The summed E-state index contributed by atoms with van der Waals surface area (Å²) < 4.78 is 0. The Morgan fingerprint density at radius 2 is 1.46 bits per heavy atom. The number of aliphatic imine (C=N–C) groups is 1. The van der Waals surface area contributed by atoms with E-state index in [0.717, 1.165) is 13.0 Å². The monoisotopic (exact) mass is 363 g/mol. The van der Waals surface area contributed by atoms with Crippen LogP contribution in [0.15, 0.2) is 17.1 Å². The highest BCUT2D eigenvalue weighted by molar-refractivity contribution is 5.84. The van der Waals surface area contributed by atoms with Crippen molar-refractivity contribution in [2.45, 2.75) is 122 Å². The number of hydrogen-bond donors (Lipinski definition) is 2. The Balaban J connectivity index is 1.78. The molecule has 0 aromatic rings. The second-order valence-corrected chi connectivity index (χ2v) is 8.09. The van der Waals surface area contributed by atoms with Crippen LogP contribution in [0.3, 0.4) is 0 Å². The first-order chi connectivity index (χ1) is 12.7. The fourth-order valence-corrected chi connectivity index (χ4v) is 3.50. The van der Waals surface area contributed by atoms with Crippen LogP contribution in [0.25, 0.3) is 0 Å². The van der Waals surface area contributed by atoms with Gasteiger partial charge in [-0.25, -0.2) is 0 Å². The fourth-order valence-electron chi connectivity index (χ4n) is 3.50. The lowest BCUT2D eigenvalue weighted by atomic mass is 10.1. The summed E-state index contributed by atoms with van der Waals surface area (Å²) in [5, 5.41) is 3.46. The summed E-state index contributed by atoms with van der Waals surface area (Å²) in [4.78, 5) is 4.56. The maximum absolute atomic E-state index is 5.91. The van der Waals surface area contributed by atoms with Crippen molar-refractivity contribution in [2.24, 2.45) is 10.7 Å². The van der Waals surface area contributed by atoms with E-state index in [1.807, 2.05) is 0 Å². The molecule has 3 nitrogen and oxygen atoms in total. The molecule has 0 radical (unpaired) electrons. The van der Waals surface area contributed by atoms with Crippen LogP contribution in [0.1, 0.15) is 110 Å². The van der Waals surface area contributed by atoms with Crippen molar-refractivity contribution in [1.82, 2.24) is 5.32 Å². The van der Waals surface area contributed by atoms with Crippen molar-refractivity contribution in [3.05, 3.63) is 12.2 Å². The second-order valence-electron chi connectivity index (χ2n) is 8.09. The first-order valence-electron chi connectivity index (χ1n) is 11.4. The average Bonchev–Trinajstić information content (AvgIpc) is 3.10. The highest BCUT2D eigenvalue weighted by Gasteiger charge is 2.19. The van der Waals surface area contributed by atoms with Gasteiger partial charge in [-0.2, -0.15) is 0 Å². The zero-order valence-corrected chi connectivity index (χ0v) is 17.6. The van der Waals surface area contributed by atoms with Gasteiger partial charge in [0, 0.05) is 12.5 Å². The standard InChI is InChI=1S/C23H45N3/c1-3-4-5-6-7-8-9-10-11-12-13-14-15-16-17-18-19-23-25-20-22(26-23)21(2)24/h10-11,21-22H,3-9,12-20,24H2,1-2H3,(H,25,26)/b11-10-. The van der Waals surface area contributed by atoms with Crippen LogP contribution in [0, 0.1) is 0 Å². The molecule has 1 rings (SSSR count). The SMILES string of the molecule is CCCCCCCC/C=C\CCCCCCCCC1=NCC(C(C)N)N1. The minimum atomic E-state index is 0.191. The molecule has 0 saturated carbocycles. The highest BCUT2D eigenvalue weighted by atomic mass is 15.1. The molecule has 2 atom stereocenters. The molecule has 26 heavy (non-hydrogen) atoms. The lowest BCUT2D eigenvalue weighted by Gasteiger charge is -2.15. The number of rotatable bonds is 17. The minimum Gasteiger partial charge on any atom is -0.368 e. The molecule has 0 saturated heterocycles. The molecule has 3 heteroatoms. The topological polar surface area (TPSA) is 50.4 Å². The molecule has 0 aromatic carbocycles. The van der Waals surface area contributed by atoms with Crippen molar-refractivity contribution in [2.75, 3.05) is 6.54 Å². The van der Waals surface area contributed by atoms with Crippen molar-refractivity contribution in [3.8, 4) is 0 Å². The van der Waals surface area contributed by atoms with E-state index in [0.29, 0.717) is 6.04 Å². The van der Waals surface area contributed by atoms with Gasteiger partial charge in [0.2, 0.25) is 0 Å². The number of nitrogens with two attached hydrogens (primary N) is 1. The quantitative estimate of drug-likeness (QED) is 0.241. The number of hydrogen-bond acceptors (Lipinski definition) is 3. The van der Waals surface area contributed by atoms with Gasteiger partial charge in [-0.3, -0.25) is 4.99 Å². The molecule has 1 heterocycles. The zero-order chi connectivity index (χ0) is 18.9. The maximum Gasteiger partial charge on any atom is 0.0967 e. The van der Waals surface area contributed by atoms with Gasteiger partial charge < -0.3 is 11.1 Å². The Bertz CT molecular complexity index is 374. The van der Waals surface area contributed by atoms with Crippen LogP contribution in [0.2, 0.25) is 0 Å². The van der Waals surface area contributed by atoms with E-state index < -0.39 is 0 Å². The summed E-state index contributed by atoms with van der Waals surface area (Å²) in [5.41, 5.74) is 5.91. The van der Waals surface area contributed by atoms with Gasteiger partial charge >= 0.3 is 0 Å². The van der Waals surface area contributed by atoms with Crippen LogP contribution in [0.5, 0.6) is 0 Å². The van der Waals surface area contributed by atoms with Gasteiger partial charge in [0.25, 0.3) is 0 Å². The first kappa shape index (κ1) is 23.2. The van der Waals surface area contributed by atoms with Crippen molar-refractivity contribution in [3.63, 3.8) is 0 Å². The Hall–Kier alpha value is -0.830. The largest absolute Gasteiger partial charge is 0.368 e. The molecule has 152 valence electrons. The molecular weight excluding hydrogens is 318 g/mol. The van der Waals surface area contributed by atoms with Crippen LogP contribution in [-0.4, -0.2) is 24.5 Å². The smallest absolute Gasteiger partial charge is 0.0967 e. The van der Waals surface area contributed by atoms with Gasteiger partial charge in [0.05, 0.1) is 18.4 Å². The predicted octanol–water partition coefficient (Wildman–Crippen LogP) is 6.13. The third kappa shape index (κ3) is 12.5. The third-order valence-corrected chi connectivity index (χ3v) is 5.39. The Labute approximate surface area is 163 Å². The second kappa shape index (κ2) is 16.4. The number of amidine groups is 1. The first-order valence-corrected chi connectivity index (χ1v) is 11.4. The van der Waals surface area contributed by atoms with E-state index in [9.17, 15) is 0 Å². The molecule has 0 fully saturated rings. The van der Waals surface area contributed by atoms with Gasteiger partial charge in [-0.15, -0.1) is 0 Å². The normalized spacial score (nSPS) is 18.3. The number of unbranched alkanes of at least 4 members (excludes halogenated alkanes) is 12.